The van der Waals surface area contributed by atoms with E-state index in [0.717, 1.165) is 119 Å². The van der Waals surface area contributed by atoms with Gasteiger partial charge in [-0.3, -0.25) is 4.79 Å². The van der Waals surface area contributed by atoms with Crippen molar-refractivity contribution < 1.29 is 9.53 Å². The molecule has 4 rings (SSSR count). The van der Waals surface area contributed by atoms with Crippen molar-refractivity contribution in [3.05, 3.63) is 121 Å². The van der Waals surface area contributed by atoms with E-state index in [1.54, 1.807) is 5.57 Å². The van der Waals surface area contributed by atoms with Crippen LogP contribution in [0.3, 0.4) is 0 Å². The van der Waals surface area contributed by atoms with Crippen molar-refractivity contribution >= 4 is 5.97 Å². The summed E-state index contributed by atoms with van der Waals surface area (Å²) in [6.45, 7) is 14.8. The molecule has 0 aliphatic heterocycles. The molecule has 61 heavy (non-hydrogen) atoms. The van der Waals surface area contributed by atoms with Gasteiger partial charge in [0.2, 0.25) is 0 Å². The highest BCUT2D eigenvalue weighted by atomic mass is 16.5. The first-order valence-electron chi connectivity index (χ1n) is 25.4. The predicted octanol–water partition coefficient (Wildman–Crippen LogP) is 17.6. The maximum atomic E-state index is 12.9. The molecule has 0 aromatic rings. The number of hydrogen-bond acceptors (Lipinski definition) is 2. The Hall–Kier alpha value is -3.13. The first-order valence-corrected chi connectivity index (χ1v) is 25.4. The highest BCUT2D eigenvalue weighted by Crippen LogP contribution is 2.67. The number of rotatable bonds is 27. The molecule has 0 saturated heterocycles. The molecular formula is C59H90O2. The van der Waals surface area contributed by atoms with Gasteiger partial charge in [0.1, 0.15) is 6.10 Å². The van der Waals surface area contributed by atoms with Crippen molar-refractivity contribution in [2.24, 2.45) is 46.3 Å². The number of esters is 1. The quantitative estimate of drug-likeness (QED) is 0.0468. The summed E-state index contributed by atoms with van der Waals surface area (Å²) in [5.41, 5.74) is 2.46. The van der Waals surface area contributed by atoms with E-state index in [0.29, 0.717) is 17.3 Å². The Morgan fingerprint density at radius 2 is 1.16 bits per heavy atom. The van der Waals surface area contributed by atoms with E-state index in [9.17, 15) is 4.79 Å². The van der Waals surface area contributed by atoms with Crippen molar-refractivity contribution in [2.75, 3.05) is 0 Å². The molecule has 8 unspecified atom stereocenters. The Labute approximate surface area is 376 Å². The van der Waals surface area contributed by atoms with E-state index in [2.05, 4.69) is 157 Å². The summed E-state index contributed by atoms with van der Waals surface area (Å²) < 4.78 is 6.12. The number of carbonyl (C=O) groups excluding carboxylic acids is 1. The summed E-state index contributed by atoms with van der Waals surface area (Å²) in [4.78, 5) is 12.9. The van der Waals surface area contributed by atoms with Crippen LogP contribution < -0.4 is 0 Å². The van der Waals surface area contributed by atoms with E-state index in [4.69, 9.17) is 4.74 Å². The number of fused-ring (bicyclic) bond motifs is 5. The molecule has 0 aromatic carbocycles. The summed E-state index contributed by atoms with van der Waals surface area (Å²) in [6, 6.07) is 0. The molecule has 8 atom stereocenters. The molecule has 4 aliphatic carbocycles. The van der Waals surface area contributed by atoms with Crippen LogP contribution in [0.15, 0.2) is 121 Å². The third-order valence-corrected chi connectivity index (χ3v) is 15.2. The highest BCUT2D eigenvalue weighted by molar-refractivity contribution is 5.69. The van der Waals surface area contributed by atoms with Crippen molar-refractivity contribution in [2.45, 2.75) is 195 Å². The van der Waals surface area contributed by atoms with Crippen molar-refractivity contribution in [3.63, 3.8) is 0 Å². The van der Waals surface area contributed by atoms with Crippen LogP contribution >= 0.6 is 0 Å². The van der Waals surface area contributed by atoms with E-state index in [1.165, 1.54) is 57.8 Å². The number of unbranched alkanes of at least 4 members (excludes halogenated alkanes) is 1. The standard InChI is InChI=1S/C59H90O2/c1-7-8-9-10-11-12-13-14-15-16-17-18-19-20-21-22-23-24-25-26-27-28-29-30-31-32-33-34-35-39-57(60)61-52-44-46-58(5)51(48-52)40-41-53-55-43-42-54(50(4)38-36-37-49(2)3)59(55,6)47-45-56(53)58/h8-9,11-12,14-15,17-18,20-21,23-24,26-27,29-30,32-33,40,49-50,52-56H,7,10,13,16,19,22,25,28,31,34-39,41-48H2,1-6H3/b9-8-,12-11-,15-14-,18-17-,21-20-,24-23-,27-26-,30-29-,33-32-. The van der Waals surface area contributed by atoms with Gasteiger partial charge in [-0.2, -0.15) is 0 Å². The first kappa shape index (κ1) is 50.5. The smallest absolute Gasteiger partial charge is 0.306 e. The van der Waals surface area contributed by atoms with Gasteiger partial charge in [0, 0.05) is 12.8 Å². The average molecular weight is 831 g/mol. The Kier molecular flexibility index (Phi) is 23.6. The molecule has 0 radical (unpaired) electrons. The van der Waals surface area contributed by atoms with Crippen LogP contribution in [0.25, 0.3) is 0 Å². The van der Waals surface area contributed by atoms with Gasteiger partial charge in [0.15, 0.2) is 0 Å². The third-order valence-electron chi connectivity index (χ3n) is 15.2. The van der Waals surface area contributed by atoms with E-state index < -0.39 is 0 Å². The van der Waals surface area contributed by atoms with Crippen LogP contribution in [-0.2, 0) is 9.53 Å². The summed E-state index contributed by atoms with van der Waals surface area (Å²) in [6.07, 6.45) is 68.8. The molecule has 3 saturated carbocycles. The SMILES string of the molecule is CC/C=C\C/C=C\C/C=C\C/C=C\C/C=C\C/C=C\C/C=C\C/C=C\C/C=C\CCCC(=O)OC1CCC2(C)C(=CCC3C2CCC2(C)C(C(C)CCCC(C)C)CCC32)C1. The molecule has 0 spiro atoms. The van der Waals surface area contributed by atoms with Gasteiger partial charge >= 0.3 is 5.97 Å². The summed E-state index contributed by atoms with van der Waals surface area (Å²) in [5.74, 6) is 5.16. The molecule has 4 aliphatic rings. The minimum absolute atomic E-state index is 0.0000607. The maximum Gasteiger partial charge on any atom is 0.306 e. The lowest BCUT2D eigenvalue weighted by Crippen LogP contribution is -2.51. The highest BCUT2D eigenvalue weighted by Gasteiger charge is 2.59. The van der Waals surface area contributed by atoms with Crippen LogP contribution in [0.4, 0.5) is 0 Å². The third kappa shape index (κ3) is 17.2. The second-order valence-corrected chi connectivity index (χ2v) is 20.1. The lowest BCUT2D eigenvalue weighted by Gasteiger charge is -2.58. The number of carbonyl (C=O) groups is 1. The van der Waals surface area contributed by atoms with Crippen LogP contribution in [0.5, 0.6) is 0 Å². The lowest BCUT2D eigenvalue weighted by molar-refractivity contribution is -0.151. The predicted molar refractivity (Wildman–Crippen MR) is 266 cm³/mol. The topological polar surface area (TPSA) is 26.3 Å². The Bertz CT molecular complexity index is 1560. The van der Waals surface area contributed by atoms with Gasteiger partial charge < -0.3 is 4.74 Å². The van der Waals surface area contributed by atoms with Gasteiger partial charge in [0.25, 0.3) is 0 Å². The molecule has 0 N–H and O–H groups in total. The fraction of sp³-hybridized carbons (Fsp3) is 0.644. The molecule has 0 amide bonds. The zero-order chi connectivity index (χ0) is 43.6. The molecule has 0 heterocycles. The van der Waals surface area contributed by atoms with E-state index in [1.807, 2.05) is 0 Å². The zero-order valence-electron chi connectivity index (χ0n) is 40.1. The van der Waals surface area contributed by atoms with Crippen LogP contribution in [0, 0.1) is 46.3 Å². The number of hydrogen-bond donors (Lipinski definition) is 0. The van der Waals surface area contributed by atoms with Crippen molar-refractivity contribution in [3.8, 4) is 0 Å². The normalized spacial score (nSPS) is 28.9. The molecule has 0 aromatic heterocycles. The van der Waals surface area contributed by atoms with Gasteiger partial charge in [-0.1, -0.05) is 182 Å². The van der Waals surface area contributed by atoms with Crippen molar-refractivity contribution in [1.82, 2.24) is 0 Å². The number of ether oxygens (including phenoxy) is 1. The minimum Gasteiger partial charge on any atom is -0.462 e. The van der Waals surface area contributed by atoms with Gasteiger partial charge in [0.05, 0.1) is 0 Å². The fourth-order valence-corrected chi connectivity index (χ4v) is 11.8. The summed E-state index contributed by atoms with van der Waals surface area (Å²) in [5, 5.41) is 0. The minimum atomic E-state index is -0.0000607. The first-order chi connectivity index (χ1) is 29.7. The Balaban J connectivity index is 1.01. The fourth-order valence-electron chi connectivity index (χ4n) is 11.8. The lowest BCUT2D eigenvalue weighted by atomic mass is 9.47. The van der Waals surface area contributed by atoms with Crippen molar-refractivity contribution in [1.29, 1.82) is 0 Å². The monoisotopic (exact) mass is 831 g/mol. The summed E-state index contributed by atoms with van der Waals surface area (Å²) >= 11 is 0. The summed E-state index contributed by atoms with van der Waals surface area (Å²) in [7, 11) is 0. The Morgan fingerprint density at radius 3 is 1.69 bits per heavy atom. The zero-order valence-corrected chi connectivity index (χ0v) is 40.1. The second-order valence-electron chi connectivity index (χ2n) is 20.1. The molecule has 0 bridgehead atoms. The Morgan fingerprint density at radius 1 is 0.639 bits per heavy atom. The average Bonchev–Trinajstić information content (AvgIpc) is 3.60. The molecule has 3 fully saturated rings. The van der Waals surface area contributed by atoms with Gasteiger partial charge in [-0.05, 0) is 162 Å². The van der Waals surface area contributed by atoms with Crippen LogP contribution in [0.1, 0.15) is 189 Å². The van der Waals surface area contributed by atoms with Crippen LogP contribution in [0.2, 0.25) is 0 Å². The largest absolute Gasteiger partial charge is 0.462 e. The molecule has 2 nitrogen and oxygen atoms in total. The second kappa shape index (κ2) is 28.5. The van der Waals surface area contributed by atoms with Crippen LogP contribution in [-0.4, -0.2) is 12.1 Å². The molecule has 2 heteroatoms. The maximum absolute atomic E-state index is 12.9. The number of allylic oxidation sites excluding steroid dienone is 19. The van der Waals surface area contributed by atoms with Gasteiger partial charge in [-0.15, -0.1) is 0 Å². The van der Waals surface area contributed by atoms with E-state index in [-0.39, 0.29) is 12.1 Å². The van der Waals surface area contributed by atoms with Gasteiger partial charge in [-0.25, -0.2) is 0 Å². The van der Waals surface area contributed by atoms with E-state index >= 15 is 0 Å². The molecular weight excluding hydrogens is 741 g/mol. The molecule has 338 valence electrons.